The second kappa shape index (κ2) is 19.8. The molecule has 31 nitrogen and oxygen atoms in total. The summed E-state index contributed by atoms with van der Waals surface area (Å²) in [5.74, 6) is 3.23. The molecule has 62 heavy (non-hydrogen) atoms. The van der Waals surface area contributed by atoms with Crippen LogP contribution in [0.25, 0.3) is 0 Å². The van der Waals surface area contributed by atoms with Gasteiger partial charge in [-0.1, -0.05) is 18.4 Å². The van der Waals surface area contributed by atoms with Crippen molar-refractivity contribution in [1.82, 2.24) is 19.8 Å². The van der Waals surface area contributed by atoms with Gasteiger partial charge in [-0.15, -0.1) is 12.8 Å². The van der Waals surface area contributed by atoms with Crippen LogP contribution in [0.2, 0.25) is 0 Å². The zero-order valence-corrected chi connectivity index (χ0v) is 36.9. The summed E-state index contributed by atoms with van der Waals surface area (Å²) >= 11 is 8.88. The van der Waals surface area contributed by atoms with Crippen molar-refractivity contribution < 1.29 is 118 Å². The van der Waals surface area contributed by atoms with Crippen molar-refractivity contribution in [3.05, 3.63) is 57.8 Å². The fourth-order valence-electron chi connectivity index (χ4n) is 4.94. The smallest absolute Gasteiger partial charge is 0.386 e. The van der Waals surface area contributed by atoms with E-state index in [1.807, 2.05) is 16.8 Å². The third-order valence-corrected chi connectivity index (χ3v) is 16.8. The van der Waals surface area contributed by atoms with Crippen molar-refractivity contribution in [2.45, 2.75) is 48.1 Å². The van der Waals surface area contributed by atoms with Crippen LogP contribution in [0.15, 0.2) is 46.5 Å². The van der Waals surface area contributed by atoms with Crippen molar-refractivity contribution in [2.75, 3.05) is 13.2 Å². The van der Waals surface area contributed by atoms with Gasteiger partial charge >= 0.3 is 50.4 Å². The van der Waals surface area contributed by atoms with E-state index in [1.54, 1.807) is 0 Å². The number of aliphatic hydroxyl groups is 4. The Kier molecular flexibility index (Phi) is 17.4. The quantitative estimate of drug-likeness (QED) is 0.0553. The molecule has 1 amide bonds. The summed E-state index contributed by atoms with van der Waals surface area (Å²) in [6, 6.07) is 0.902. The summed E-state index contributed by atoms with van der Waals surface area (Å²) in [5, 5.41) is 44.3. The van der Waals surface area contributed by atoms with Crippen LogP contribution in [-0.2, 0) is 82.4 Å². The maximum atomic E-state index is 12.0. The van der Waals surface area contributed by atoms with Crippen LogP contribution in [0.3, 0.4) is 0 Å². The minimum atomic E-state index is -5.57. The van der Waals surface area contributed by atoms with Gasteiger partial charge in [0.25, 0.3) is 11.5 Å². The van der Waals surface area contributed by atoms with E-state index in [2.05, 4.69) is 57.3 Å². The molecular formula is C23H32N4O27P6S2. The van der Waals surface area contributed by atoms with E-state index in [4.69, 9.17) is 46.4 Å². The Hall–Kier alpha value is -2.03. The first-order chi connectivity index (χ1) is 28.0. The van der Waals surface area contributed by atoms with Crippen molar-refractivity contribution in [3.8, 4) is 24.7 Å². The van der Waals surface area contributed by atoms with E-state index in [1.165, 1.54) is 6.20 Å². The maximum absolute atomic E-state index is 12.0. The van der Waals surface area contributed by atoms with E-state index >= 15 is 0 Å². The molecule has 0 bridgehead atoms. The molecule has 0 radical (unpaired) electrons. The minimum Gasteiger partial charge on any atom is -0.386 e. The highest BCUT2D eigenvalue weighted by atomic mass is 32.5. The predicted molar refractivity (Wildman–Crippen MR) is 205 cm³/mol. The molecule has 12 atom stereocenters. The van der Waals surface area contributed by atoms with Crippen LogP contribution in [0, 0.1) is 24.7 Å². The Labute approximate surface area is 355 Å². The zero-order valence-electron chi connectivity index (χ0n) is 29.9. The van der Waals surface area contributed by atoms with Gasteiger partial charge in [-0.2, -0.15) is 8.62 Å². The van der Waals surface area contributed by atoms with Crippen molar-refractivity contribution >= 4 is 74.2 Å². The lowest BCUT2D eigenvalue weighted by atomic mass is 9.94. The lowest BCUT2D eigenvalue weighted by molar-refractivity contribution is -0.120. The molecule has 0 spiro atoms. The number of hydrogen-bond acceptors (Lipinski definition) is 22. The SMILES string of the molecule is C#C[C@]1(O)[C@@H](O)[C@@H](COP(O)(=S)OP(=O)(O)OP(=O)(O)O)O[C@H]1N1C=CC(=O)NC1=C.C#C[C@]1(O)[C@@H](O)[C@@H](COP(O)(=S)OP(=O)(O)OP(=O)(O)O)O[C@H]1n1ccc(=O)[nH]c1=O. The first-order valence-electron chi connectivity index (χ1n) is 15.4. The van der Waals surface area contributed by atoms with Crippen molar-refractivity contribution in [1.29, 1.82) is 0 Å². The molecule has 14 N–H and O–H groups in total. The molecule has 4 rings (SSSR count). The molecule has 4 unspecified atom stereocenters. The molecule has 4 heterocycles. The van der Waals surface area contributed by atoms with Gasteiger partial charge in [0.15, 0.2) is 23.7 Å². The van der Waals surface area contributed by atoms with Gasteiger partial charge in [0.1, 0.15) is 30.2 Å². The second-order valence-electron chi connectivity index (χ2n) is 11.8. The van der Waals surface area contributed by atoms with E-state index in [-0.39, 0.29) is 5.82 Å². The van der Waals surface area contributed by atoms with Gasteiger partial charge < -0.3 is 88.3 Å². The molecule has 3 aliphatic heterocycles. The van der Waals surface area contributed by atoms with E-state index < -0.39 is 123 Å². The predicted octanol–water partition coefficient (Wildman–Crippen LogP) is -4.07. The number of aliphatic hydroxyl groups excluding tert-OH is 2. The van der Waals surface area contributed by atoms with Gasteiger partial charge in [-0.05, 0) is 23.6 Å². The first kappa shape index (κ1) is 54.3. The Bertz CT molecular complexity index is 2440. The third kappa shape index (κ3) is 14.5. The standard InChI is InChI=1S/C12H17N2O13P3S.C11H15N2O14P3S/c1-3-12(17)10(16)8(25-11(12)14-5-4-9(15)13-7(14)2)6-24-30(23,31)27-29(21,22)26-28(18,19)20;1-2-11(17)8(15)6(25-9(11)13-4-3-7(14)12-10(13)16)5-24-30(23,31)27-29(21,22)26-28(18,19)20/h1,4-5,8,10-11,16-17H,2,6H2,(H,13,15)(H,21,22)(H,23,31)(H2,18,19,20);1,3-4,6,8-9,15,17H,5H2,(H,21,22)(H,23,31)(H,12,14,16)(H2,18,19,20)/t8-,10+,11-,12+,30?;6-,8+,9-,11+,30?/m11/s1. The fraction of sp³-hybridized carbons (Fsp3) is 0.435. The van der Waals surface area contributed by atoms with E-state index in [0.29, 0.717) is 4.57 Å². The number of ether oxygens (including phenoxy) is 2. The highest BCUT2D eigenvalue weighted by molar-refractivity contribution is 8.09. The number of terminal acetylenes is 2. The number of amides is 1. The summed E-state index contributed by atoms with van der Waals surface area (Å²) in [5.41, 5.74) is -6.73. The molecule has 3 aliphatic rings. The molecule has 348 valence electrons. The Morgan fingerprint density at radius 1 is 0.774 bits per heavy atom. The number of aromatic nitrogens is 2. The van der Waals surface area contributed by atoms with Gasteiger partial charge in [-0.25, -0.2) is 31.7 Å². The Balaban J connectivity index is 0.000000330. The molecule has 39 heteroatoms. The lowest BCUT2D eigenvalue weighted by Crippen LogP contribution is -2.54. The van der Waals surface area contributed by atoms with E-state index in [0.717, 1.165) is 23.2 Å². The number of H-pyrrole nitrogens is 1. The number of nitrogens with zero attached hydrogens (tertiary/aromatic N) is 2. The Morgan fingerprint density at radius 3 is 1.58 bits per heavy atom. The summed E-state index contributed by atoms with van der Waals surface area (Å²) in [4.78, 5) is 110. The van der Waals surface area contributed by atoms with Crippen LogP contribution in [0.4, 0.5) is 0 Å². The number of carbonyl (C=O) groups is 1. The topological polar surface area (TPSA) is 472 Å². The van der Waals surface area contributed by atoms with Crippen LogP contribution in [-0.4, -0.2) is 135 Å². The third-order valence-electron chi connectivity index (χ3n) is 7.39. The summed E-state index contributed by atoms with van der Waals surface area (Å²) in [6.07, 6.45) is 3.54. The molecule has 1 aromatic rings. The summed E-state index contributed by atoms with van der Waals surface area (Å²) in [6.45, 7) is -7.64. The van der Waals surface area contributed by atoms with Crippen LogP contribution in [0.1, 0.15) is 6.23 Å². The number of aromatic amines is 1. The largest absolute Gasteiger partial charge is 0.488 e. The molecule has 2 saturated heterocycles. The number of nitrogens with one attached hydrogen (secondary N) is 2. The lowest BCUT2D eigenvalue weighted by Gasteiger charge is -2.36. The van der Waals surface area contributed by atoms with Gasteiger partial charge in [-0.3, -0.25) is 19.1 Å². The average Bonchev–Trinajstić information content (AvgIpc) is 3.48. The average molecular weight is 1050 g/mol. The zero-order chi connectivity index (χ0) is 47.7. The van der Waals surface area contributed by atoms with Crippen molar-refractivity contribution in [3.63, 3.8) is 0 Å². The van der Waals surface area contributed by atoms with Gasteiger partial charge in [0, 0.05) is 24.5 Å². The summed E-state index contributed by atoms with van der Waals surface area (Å²) in [7, 11) is -22.1. The molecule has 2 fully saturated rings. The maximum Gasteiger partial charge on any atom is 0.488 e. The molecule has 1 aromatic heterocycles. The normalized spacial score (nSPS) is 31.5. The second-order valence-corrected chi connectivity index (χ2v) is 23.4. The van der Waals surface area contributed by atoms with Crippen LogP contribution >= 0.6 is 44.7 Å². The van der Waals surface area contributed by atoms with Gasteiger partial charge in [0.2, 0.25) is 0 Å². The van der Waals surface area contributed by atoms with Crippen LogP contribution < -0.4 is 16.6 Å². The number of rotatable bonds is 16. The highest BCUT2D eigenvalue weighted by Gasteiger charge is 2.58. The monoisotopic (exact) mass is 1050 g/mol. The molecular weight excluding hydrogens is 1010 g/mol. The Morgan fingerprint density at radius 2 is 1.19 bits per heavy atom. The number of phosphoric acid groups is 4. The number of carbonyl (C=O) groups excluding carboxylic acids is 1. The fourth-order valence-corrected chi connectivity index (χ4v) is 12.9. The minimum absolute atomic E-state index is 0.0497. The highest BCUT2D eigenvalue weighted by Crippen LogP contribution is 2.67. The van der Waals surface area contributed by atoms with Crippen molar-refractivity contribution in [2.24, 2.45) is 0 Å². The number of hydrogen-bond donors (Lipinski definition) is 14. The van der Waals surface area contributed by atoms with Crippen LogP contribution in [0.5, 0.6) is 0 Å². The molecule has 0 aromatic carbocycles. The molecule has 0 saturated carbocycles. The molecule has 0 aliphatic carbocycles. The first-order valence-corrected chi connectivity index (χ1v) is 26.6. The summed E-state index contributed by atoms with van der Waals surface area (Å²) < 4.78 is 80.2. The van der Waals surface area contributed by atoms with Gasteiger partial charge in [0.05, 0.1) is 13.2 Å². The van der Waals surface area contributed by atoms with E-state index in [9.17, 15) is 72.6 Å².